The van der Waals surface area contributed by atoms with Gasteiger partial charge in [0, 0.05) is 43.2 Å². The number of hydrogen-bond acceptors (Lipinski definition) is 5. The van der Waals surface area contributed by atoms with Crippen molar-refractivity contribution >= 4 is 17.7 Å². The summed E-state index contributed by atoms with van der Waals surface area (Å²) in [5.41, 5.74) is 9.09. The van der Waals surface area contributed by atoms with Crippen LogP contribution in [0.4, 0.5) is 0 Å². The molecule has 0 radical (unpaired) electrons. The number of benzene rings is 1. The van der Waals surface area contributed by atoms with Gasteiger partial charge in [-0.3, -0.25) is 24.6 Å². The molecule has 0 spiro atoms. The summed E-state index contributed by atoms with van der Waals surface area (Å²) in [4.78, 5) is 40.8. The van der Waals surface area contributed by atoms with Crippen LogP contribution in [0.5, 0.6) is 0 Å². The van der Waals surface area contributed by atoms with Crippen molar-refractivity contribution in [3.05, 3.63) is 34.9 Å². The first-order valence-electron chi connectivity index (χ1n) is 9.72. The van der Waals surface area contributed by atoms with E-state index in [9.17, 15) is 14.4 Å². The van der Waals surface area contributed by atoms with Gasteiger partial charge in [-0.05, 0) is 36.8 Å². The van der Waals surface area contributed by atoms with Crippen LogP contribution in [0.2, 0.25) is 0 Å². The van der Waals surface area contributed by atoms with E-state index in [-0.39, 0.29) is 29.7 Å². The largest absolute Gasteiger partial charge is 0.324 e. The molecule has 5 rings (SSSR count). The normalized spacial score (nSPS) is 32.9. The highest BCUT2D eigenvalue weighted by Gasteiger charge is 2.47. The van der Waals surface area contributed by atoms with Crippen LogP contribution in [-0.4, -0.2) is 51.7 Å². The highest BCUT2D eigenvalue weighted by molar-refractivity contribution is 6.05. The van der Waals surface area contributed by atoms with E-state index in [1.807, 2.05) is 18.2 Å². The minimum absolute atomic E-state index is 0.0641. The average molecular weight is 368 g/mol. The predicted octanol–water partition coefficient (Wildman–Crippen LogP) is 0.513. The number of imide groups is 1. The molecule has 4 aliphatic rings. The van der Waals surface area contributed by atoms with E-state index < -0.39 is 6.04 Å². The van der Waals surface area contributed by atoms with Gasteiger partial charge in [0.25, 0.3) is 5.91 Å². The van der Waals surface area contributed by atoms with Gasteiger partial charge in [0.05, 0.1) is 0 Å². The number of carbonyl (C=O) groups excluding carboxylic acids is 3. The molecule has 3 aliphatic heterocycles. The second kappa shape index (κ2) is 5.87. The average Bonchev–Trinajstić information content (AvgIpc) is 3.26. The molecule has 1 aromatic rings. The molecule has 3 amide bonds. The number of nitrogens with two attached hydrogens (primary N) is 1. The van der Waals surface area contributed by atoms with Crippen LogP contribution < -0.4 is 11.1 Å². The zero-order chi connectivity index (χ0) is 18.8. The summed E-state index contributed by atoms with van der Waals surface area (Å²) in [5.74, 6) is -0.723. The van der Waals surface area contributed by atoms with Crippen LogP contribution in [0.1, 0.15) is 53.6 Å². The molecule has 3 fully saturated rings. The Morgan fingerprint density at radius 3 is 2.78 bits per heavy atom. The summed E-state index contributed by atoms with van der Waals surface area (Å²) in [6, 6.07) is 5.91. The molecule has 1 aliphatic carbocycles. The first kappa shape index (κ1) is 16.9. The van der Waals surface area contributed by atoms with Crippen LogP contribution in [-0.2, 0) is 22.7 Å². The maximum atomic E-state index is 13.2. The molecule has 142 valence electrons. The van der Waals surface area contributed by atoms with E-state index in [4.69, 9.17) is 5.73 Å². The Balaban J connectivity index is 1.39. The first-order chi connectivity index (χ1) is 12.9. The van der Waals surface area contributed by atoms with E-state index in [1.165, 1.54) is 0 Å². The van der Waals surface area contributed by atoms with Crippen molar-refractivity contribution in [2.24, 2.45) is 5.73 Å². The van der Waals surface area contributed by atoms with Crippen molar-refractivity contribution in [1.29, 1.82) is 0 Å². The number of nitrogens with one attached hydrogen (secondary N) is 1. The van der Waals surface area contributed by atoms with Gasteiger partial charge in [-0.2, -0.15) is 0 Å². The van der Waals surface area contributed by atoms with Gasteiger partial charge in [0.2, 0.25) is 11.8 Å². The van der Waals surface area contributed by atoms with E-state index >= 15 is 0 Å². The molecule has 2 bridgehead atoms. The van der Waals surface area contributed by atoms with Gasteiger partial charge in [-0.1, -0.05) is 18.2 Å². The monoisotopic (exact) mass is 368 g/mol. The molecule has 0 aromatic heterocycles. The van der Waals surface area contributed by atoms with Gasteiger partial charge < -0.3 is 10.6 Å². The molecular weight excluding hydrogens is 344 g/mol. The maximum Gasteiger partial charge on any atom is 0.255 e. The van der Waals surface area contributed by atoms with Crippen molar-refractivity contribution < 1.29 is 14.4 Å². The zero-order valence-electron chi connectivity index (χ0n) is 15.2. The van der Waals surface area contributed by atoms with Crippen LogP contribution >= 0.6 is 0 Å². The number of rotatable bonds is 3. The lowest BCUT2D eigenvalue weighted by molar-refractivity contribution is -0.136. The summed E-state index contributed by atoms with van der Waals surface area (Å²) in [6.45, 7) is 2.03. The van der Waals surface area contributed by atoms with Gasteiger partial charge in [0.1, 0.15) is 6.04 Å². The molecule has 3 atom stereocenters. The lowest BCUT2D eigenvalue weighted by Gasteiger charge is -2.31. The molecule has 7 heteroatoms. The number of likely N-dealkylation sites (tertiary alicyclic amines) is 1. The summed E-state index contributed by atoms with van der Waals surface area (Å²) in [5, 5.41) is 2.36. The fourth-order valence-corrected chi connectivity index (χ4v) is 5.34. The molecular formula is C20H24N4O3. The summed E-state index contributed by atoms with van der Waals surface area (Å²) in [7, 11) is 0. The molecule has 3 N–H and O–H groups in total. The first-order valence-corrected chi connectivity index (χ1v) is 9.72. The molecule has 27 heavy (non-hydrogen) atoms. The maximum absolute atomic E-state index is 13.2. The van der Waals surface area contributed by atoms with Crippen molar-refractivity contribution in [2.45, 2.75) is 62.8 Å². The van der Waals surface area contributed by atoms with Crippen molar-refractivity contribution in [2.75, 3.05) is 6.54 Å². The SMILES string of the molecule is NC12CCC(C1)N(Cc1cccc3c1C(=O)N(C1CCC(=O)NC1=O)C3)C2. The van der Waals surface area contributed by atoms with Gasteiger partial charge >= 0.3 is 0 Å². The molecule has 1 aromatic carbocycles. The summed E-state index contributed by atoms with van der Waals surface area (Å²) in [6.07, 6.45) is 3.92. The van der Waals surface area contributed by atoms with E-state index in [1.54, 1.807) is 4.90 Å². The number of nitrogens with zero attached hydrogens (tertiary/aromatic N) is 2. The quantitative estimate of drug-likeness (QED) is 0.758. The van der Waals surface area contributed by atoms with E-state index in [0.29, 0.717) is 19.0 Å². The Bertz CT molecular complexity index is 854. The van der Waals surface area contributed by atoms with Gasteiger partial charge in [0.15, 0.2) is 0 Å². The van der Waals surface area contributed by atoms with Gasteiger partial charge in [-0.15, -0.1) is 0 Å². The second-order valence-electron chi connectivity index (χ2n) is 8.52. The highest BCUT2D eigenvalue weighted by Crippen LogP contribution is 2.40. The standard InChI is InChI=1S/C20H24N4O3/c21-20-7-6-14(8-20)23(11-20)9-12-2-1-3-13-10-24(19(27)17(12)13)15-4-5-16(25)22-18(15)26/h1-3,14-15H,4-11,21H2,(H,22,25,26). The summed E-state index contributed by atoms with van der Waals surface area (Å²) >= 11 is 0. The van der Waals surface area contributed by atoms with Crippen molar-refractivity contribution in [3.63, 3.8) is 0 Å². The molecule has 1 saturated carbocycles. The number of carbonyl (C=O) groups is 3. The predicted molar refractivity (Wildman–Crippen MR) is 97.5 cm³/mol. The van der Waals surface area contributed by atoms with E-state index in [2.05, 4.69) is 10.2 Å². The smallest absolute Gasteiger partial charge is 0.255 e. The van der Waals surface area contributed by atoms with Gasteiger partial charge in [-0.25, -0.2) is 0 Å². The zero-order valence-corrected chi connectivity index (χ0v) is 15.2. The Kier molecular flexibility index (Phi) is 3.67. The highest BCUT2D eigenvalue weighted by atomic mass is 16.2. The van der Waals surface area contributed by atoms with Crippen LogP contribution in [0.15, 0.2) is 18.2 Å². The Morgan fingerprint density at radius 1 is 1.22 bits per heavy atom. The second-order valence-corrected chi connectivity index (χ2v) is 8.52. The van der Waals surface area contributed by atoms with Crippen LogP contribution in [0, 0.1) is 0 Å². The number of amides is 3. The van der Waals surface area contributed by atoms with Crippen molar-refractivity contribution in [3.8, 4) is 0 Å². The number of fused-ring (bicyclic) bond motifs is 3. The third-order valence-corrected chi connectivity index (χ3v) is 6.66. The lowest BCUT2D eigenvalue weighted by Crippen LogP contribution is -2.52. The van der Waals surface area contributed by atoms with Crippen LogP contribution in [0.3, 0.4) is 0 Å². The topological polar surface area (TPSA) is 95.7 Å². The summed E-state index contributed by atoms with van der Waals surface area (Å²) < 4.78 is 0. The number of piperidine rings is 2. The molecule has 3 heterocycles. The van der Waals surface area contributed by atoms with E-state index in [0.717, 1.165) is 49.0 Å². The molecule has 2 saturated heterocycles. The minimum atomic E-state index is -0.564. The Hall–Kier alpha value is -2.25. The molecule has 3 unspecified atom stereocenters. The fraction of sp³-hybridized carbons (Fsp3) is 0.550. The Labute approximate surface area is 157 Å². The third kappa shape index (κ3) is 2.68. The minimum Gasteiger partial charge on any atom is -0.324 e. The Morgan fingerprint density at radius 2 is 2.07 bits per heavy atom. The molecule has 7 nitrogen and oxygen atoms in total. The number of hydrogen-bond donors (Lipinski definition) is 2. The lowest BCUT2D eigenvalue weighted by atomic mass is 9.99. The third-order valence-electron chi connectivity index (χ3n) is 6.66. The fourth-order valence-electron chi connectivity index (χ4n) is 5.34. The van der Waals surface area contributed by atoms with Crippen molar-refractivity contribution in [1.82, 2.24) is 15.1 Å². The van der Waals surface area contributed by atoms with Crippen LogP contribution in [0.25, 0.3) is 0 Å².